The summed E-state index contributed by atoms with van der Waals surface area (Å²) in [5.74, 6) is -0.599. The van der Waals surface area contributed by atoms with Crippen molar-refractivity contribution in [3.63, 3.8) is 0 Å². The molecule has 5 atom stereocenters. The van der Waals surface area contributed by atoms with Crippen molar-refractivity contribution in [2.45, 2.75) is 84.6 Å². The van der Waals surface area contributed by atoms with Gasteiger partial charge in [0.2, 0.25) is 5.91 Å². The van der Waals surface area contributed by atoms with Gasteiger partial charge >= 0.3 is 17.9 Å². The summed E-state index contributed by atoms with van der Waals surface area (Å²) in [7, 11) is 3.13. The molecule has 0 spiro atoms. The minimum absolute atomic E-state index is 0.281. The summed E-state index contributed by atoms with van der Waals surface area (Å²) in [6.45, 7) is 6.93. The first-order valence-corrected chi connectivity index (χ1v) is 14.1. The predicted octanol–water partition coefficient (Wildman–Crippen LogP) is 2.06. The van der Waals surface area contributed by atoms with Gasteiger partial charge in [0.25, 0.3) is 0 Å². The summed E-state index contributed by atoms with van der Waals surface area (Å²) in [5, 5.41) is 7.52. The van der Waals surface area contributed by atoms with E-state index in [9.17, 15) is 19.2 Å². The zero-order chi connectivity index (χ0) is 31.8. The molecule has 43 heavy (non-hydrogen) atoms. The fourth-order valence-corrected chi connectivity index (χ4v) is 5.31. The molecule has 0 radical (unpaired) electrons. The monoisotopic (exact) mass is 622 g/mol. The van der Waals surface area contributed by atoms with Crippen LogP contribution >= 0.6 is 12.2 Å². The molecule has 1 N–H and O–H groups in total. The number of nitrogens with one attached hydrogen (secondary N) is 1. The number of esters is 3. The minimum atomic E-state index is -1.23. The van der Waals surface area contributed by atoms with E-state index in [0.29, 0.717) is 36.7 Å². The van der Waals surface area contributed by atoms with Gasteiger partial charge in [-0.05, 0) is 43.3 Å². The Labute approximate surface area is 254 Å². The van der Waals surface area contributed by atoms with Crippen LogP contribution in [-0.4, -0.2) is 83.3 Å². The number of benzene rings is 1. The number of carbonyl (C=O) groups is 4. The highest BCUT2D eigenvalue weighted by Crippen LogP contribution is 2.33. The van der Waals surface area contributed by atoms with E-state index < -0.39 is 54.4 Å². The highest BCUT2D eigenvalue weighted by Gasteiger charge is 2.52. The number of aromatic nitrogens is 3. The molecule has 0 aliphatic carbocycles. The third kappa shape index (κ3) is 8.32. The zero-order valence-electron chi connectivity index (χ0n) is 25.3. The number of hydrogen-bond donors (Lipinski definition) is 1. The second-order valence-corrected chi connectivity index (χ2v) is 10.2. The van der Waals surface area contributed by atoms with Crippen LogP contribution in [0.5, 0.6) is 11.5 Å². The second-order valence-electron chi connectivity index (χ2n) is 9.82. The van der Waals surface area contributed by atoms with E-state index in [2.05, 4.69) is 5.32 Å². The van der Waals surface area contributed by atoms with Crippen molar-refractivity contribution in [1.29, 1.82) is 0 Å². The van der Waals surface area contributed by atoms with Crippen molar-refractivity contribution in [3.8, 4) is 11.5 Å². The molecule has 0 unspecified atom stereocenters. The smallest absolute Gasteiger partial charge is 0.303 e. The van der Waals surface area contributed by atoms with E-state index in [1.54, 1.807) is 14.2 Å². The number of ether oxygens (including phenoxy) is 6. The third-order valence-corrected chi connectivity index (χ3v) is 7.10. The van der Waals surface area contributed by atoms with Crippen molar-refractivity contribution in [2.24, 2.45) is 0 Å². The van der Waals surface area contributed by atoms with E-state index in [1.807, 2.05) is 29.7 Å². The maximum Gasteiger partial charge on any atom is 0.303 e. The number of carbonyl (C=O) groups excluding carboxylic acids is 4. The lowest BCUT2D eigenvalue weighted by Gasteiger charge is -2.45. The fourth-order valence-electron chi connectivity index (χ4n) is 4.93. The normalized spacial score (nSPS) is 21.4. The highest BCUT2D eigenvalue weighted by molar-refractivity contribution is 7.71. The lowest BCUT2D eigenvalue weighted by atomic mass is 9.95. The van der Waals surface area contributed by atoms with Crippen LogP contribution < -0.4 is 14.8 Å². The van der Waals surface area contributed by atoms with Gasteiger partial charge in [-0.2, -0.15) is 5.10 Å². The van der Waals surface area contributed by atoms with Crippen LogP contribution in [0, 0.1) is 4.77 Å². The molecule has 1 aromatic carbocycles. The zero-order valence-corrected chi connectivity index (χ0v) is 26.1. The molecule has 236 valence electrons. The maximum absolute atomic E-state index is 12.4. The quantitative estimate of drug-likeness (QED) is 0.209. The molecule has 14 nitrogen and oxygen atoms in total. The van der Waals surface area contributed by atoms with Gasteiger partial charge in [0, 0.05) is 40.7 Å². The molecule has 0 saturated carbocycles. The van der Waals surface area contributed by atoms with Crippen LogP contribution in [0.1, 0.15) is 52.2 Å². The molecule has 0 bridgehead atoms. The third-order valence-electron chi connectivity index (χ3n) is 6.69. The summed E-state index contributed by atoms with van der Waals surface area (Å²) < 4.78 is 36.8. The first kappa shape index (κ1) is 33.5. The highest BCUT2D eigenvalue weighted by atomic mass is 32.1. The van der Waals surface area contributed by atoms with Crippen molar-refractivity contribution < 1.29 is 47.6 Å². The summed E-state index contributed by atoms with van der Waals surface area (Å²) in [5.41, 5.74) is 0.978. The molecular formula is C28H38N4O10S. The molecule has 15 heteroatoms. The Kier molecular flexibility index (Phi) is 11.7. The van der Waals surface area contributed by atoms with Gasteiger partial charge in [0.05, 0.1) is 14.2 Å². The molecule has 1 aliphatic heterocycles. The van der Waals surface area contributed by atoms with Gasteiger partial charge in [-0.25, -0.2) is 4.68 Å². The second kappa shape index (κ2) is 15.0. The number of amides is 1. The van der Waals surface area contributed by atoms with Gasteiger partial charge in [0.15, 0.2) is 34.7 Å². The van der Waals surface area contributed by atoms with Gasteiger partial charge in [-0.3, -0.25) is 19.2 Å². The van der Waals surface area contributed by atoms with Crippen LogP contribution in [0.25, 0.3) is 0 Å². The fraction of sp³-hybridized carbons (Fsp3) is 0.571. The summed E-state index contributed by atoms with van der Waals surface area (Å²) in [4.78, 5) is 48.3. The molecule has 1 aliphatic rings. The maximum atomic E-state index is 12.4. The van der Waals surface area contributed by atoms with Crippen molar-refractivity contribution in [3.05, 3.63) is 34.4 Å². The number of aryl methyl sites for hydroxylation is 2. The molecule has 1 aromatic heterocycles. The molecule has 1 saturated heterocycles. The SMILES string of the molecule is CCn1c(CCc2ccc(OC)c(OC)c2)nn([C@@H]2O[C@H](COC(C)=O)[C@@H](OC(C)=O)[C@H](OC(C)=O)[C@H]2NC(C)=O)c1=S. The lowest BCUT2D eigenvalue weighted by molar-refractivity contribution is -0.239. The van der Waals surface area contributed by atoms with Crippen LogP contribution in [-0.2, 0) is 57.5 Å². The number of rotatable bonds is 12. The minimum Gasteiger partial charge on any atom is -0.493 e. The van der Waals surface area contributed by atoms with Crippen molar-refractivity contribution in [1.82, 2.24) is 19.7 Å². The van der Waals surface area contributed by atoms with Gasteiger partial charge in [-0.15, -0.1) is 0 Å². The van der Waals surface area contributed by atoms with Crippen LogP contribution in [0.3, 0.4) is 0 Å². The van der Waals surface area contributed by atoms with Crippen molar-refractivity contribution in [2.75, 3.05) is 20.8 Å². The predicted molar refractivity (Wildman–Crippen MR) is 153 cm³/mol. The molecule has 1 amide bonds. The Bertz CT molecular complexity index is 1390. The van der Waals surface area contributed by atoms with Crippen LogP contribution in [0.2, 0.25) is 0 Å². The number of nitrogens with zero attached hydrogens (tertiary/aromatic N) is 3. The van der Waals surface area contributed by atoms with E-state index in [-0.39, 0.29) is 11.4 Å². The van der Waals surface area contributed by atoms with Crippen molar-refractivity contribution >= 4 is 36.0 Å². The molecule has 2 heterocycles. The van der Waals surface area contributed by atoms with Gasteiger partial charge in [0.1, 0.15) is 24.6 Å². The standard InChI is InChI=1S/C28H38N4O10S/c1-8-31-23(12-10-19-9-11-20(37-6)21(13-19)38-7)30-32(28(31)43)27-24(29-15(2)33)26(41-18(5)36)25(40-17(4)35)22(42-27)14-39-16(3)34/h9,11,13,22,24-27H,8,10,12,14H2,1-7H3,(H,29,33)/t22-,24-,25-,26-,27-/m1/s1. The summed E-state index contributed by atoms with van der Waals surface area (Å²) >= 11 is 5.79. The summed E-state index contributed by atoms with van der Waals surface area (Å²) in [6.07, 6.45) is -3.59. The van der Waals surface area contributed by atoms with E-state index >= 15 is 0 Å². The topological polar surface area (TPSA) is 158 Å². The van der Waals surface area contributed by atoms with E-state index in [0.717, 1.165) is 5.56 Å². The number of hydrogen-bond acceptors (Lipinski definition) is 12. The molecule has 3 rings (SSSR count). The van der Waals surface area contributed by atoms with Gasteiger partial charge in [-0.1, -0.05) is 6.07 Å². The Balaban J connectivity index is 2.06. The Morgan fingerprint density at radius 3 is 2.16 bits per heavy atom. The average Bonchev–Trinajstić information content (AvgIpc) is 3.26. The molecular weight excluding hydrogens is 584 g/mol. The molecule has 1 fully saturated rings. The average molecular weight is 623 g/mol. The first-order chi connectivity index (χ1) is 20.4. The van der Waals surface area contributed by atoms with Crippen LogP contribution in [0.15, 0.2) is 18.2 Å². The van der Waals surface area contributed by atoms with E-state index in [1.165, 1.54) is 32.4 Å². The first-order valence-electron chi connectivity index (χ1n) is 13.7. The van der Waals surface area contributed by atoms with Crippen LogP contribution in [0.4, 0.5) is 0 Å². The largest absolute Gasteiger partial charge is 0.493 e. The van der Waals surface area contributed by atoms with Gasteiger partial charge < -0.3 is 38.3 Å². The Morgan fingerprint density at radius 1 is 0.953 bits per heavy atom. The van der Waals surface area contributed by atoms with E-state index in [4.69, 9.17) is 45.7 Å². The Hall–Kier alpha value is -3.98. The Morgan fingerprint density at radius 2 is 1.60 bits per heavy atom. The number of methoxy groups -OCH3 is 2. The molecule has 2 aromatic rings. The lowest BCUT2D eigenvalue weighted by Crippen LogP contribution is -2.64. The summed E-state index contributed by atoms with van der Waals surface area (Å²) in [6, 6.07) is 4.56.